The lowest BCUT2D eigenvalue weighted by atomic mass is 10.1. The molecule has 1 rings (SSSR count). The minimum absolute atomic E-state index is 0.0721. The molecule has 0 saturated carbocycles. The molecule has 0 radical (unpaired) electrons. The molecule has 0 bridgehead atoms. The third-order valence-corrected chi connectivity index (χ3v) is 6.02. The van der Waals surface area contributed by atoms with E-state index in [9.17, 15) is 4.79 Å². The first kappa shape index (κ1) is 24.2. The Kier molecular flexibility index (Phi) is 12.8. The number of aromatic nitrogens is 1. The second-order valence-corrected chi connectivity index (χ2v) is 8.79. The van der Waals surface area contributed by atoms with Gasteiger partial charge in [0.25, 0.3) is 5.91 Å². The zero-order valence-corrected chi connectivity index (χ0v) is 19.9. The van der Waals surface area contributed by atoms with Gasteiger partial charge in [0.15, 0.2) is 6.10 Å². The van der Waals surface area contributed by atoms with Gasteiger partial charge in [0, 0.05) is 30.9 Å². The number of carbonyl (C=O) groups excluding carboxylic acids is 1. The minimum atomic E-state index is -0.562. The molecule has 0 aliphatic rings. The molecule has 2 unspecified atom stereocenters. The Hall–Kier alpha value is -0.820. The first-order valence-corrected chi connectivity index (χ1v) is 11.6. The van der Waals surface area contributed by atoms with E-state index in [1.165, 1.54) is 25.7 Å². The molecule has 1 heterocycles. The van der Waals surface area contributed by atoms with E-state index in [0.29, 0.717) is 24.7 Å². The number of carbonyl (C=O) groups is 1. The highest BCUT2D eigenvalue weighted by molar-refractivity contribution is 9.10. The van der Waals surface area contributed by atoms with E-state index in [4.69, 9.17) is 4.74 Å². The molecule has 154 valence electrons. The number of alkyl halides is 1. The normalized spacial score (nSPS) is 13.1. The number of pyridine rings is 1. The largest absolute Gasteiger partial charge is 0.464 e. The van der Waals surface area contributed by atoms with Gasteiger partial charge in [0.2, 0.25) is 5.88 Å². The average molecular weight is 507 g/mol. The molecule has 0 spiro atoms. The quantitative estimate of drug-likeness (QED) is 0.252. The van der Waals surface area contributed by atoms with Crippen molar-refractivity contribution in [1.29, 1.82) is 0 Å². The molecular weight excluding hydrogens is 474 g/mol. The first-order chi connectivity index (χ1) is 13.0. The third kappa shape index (κ3) is 9.79. The van der Waals surface area contributed by atoms with Crippen LogP contribution < -0.4 is 15.4 Å². The lowest BCUT2D eigenvalue weighted by Gasteiger charge is -2.20. The summed E-state index contributed by atoms with van der Waals surface area (Å²) in [6.45, 7) is 4.99. The van der Waals surface area contributed by atoms with E-state index >= 15 is 0 Å². The van der Waals surface area contributed by atoms with Crippen molar-refractivity contribution in [2.24, 2.45) is 0 Å². The summed E-state index contributed by atoms with van der Waals surface area (Å²) in [7, 11) is 1.80. The van der Waals surface area contributed by atoms with Crippen molar-refractivity contribution in [2.75, 3.05) is 18.9 Å². The predicted octanol–water partition coefficient (Wildman–Crippen LogP) is 5.67. The monoisotopic (exact) mass is 505 g/mol. The number of anilines is 1. The second-order valence-electron chi connectivity index (χ2n) is 6.64. The predicted molar refractivity (Wildman–Crippen MR) is 120 cm³/mol. The fraction of sp³-hybridized carbons (Fsp3) is 0.700. The molecule has 2 N–H and O–H groups in total. The Bertz CT molecular complexity index is 558. The molecule has 0 fully saturated rings. The molecule has 0 aliphatic heterocycles. The average Bonchev–Trinajstić information content (AvgIpc) is 2.67. The van der Waals surface area contributed by atoms with Crippen LogP contribution in [0.2, 0.25) is 0 Å². The summed E-state index contributed by atoms with van der Waals surface area (Å²) < 4.78 is 6.80. The van der Waals surface area contributed by atoms with Gasteiger partial charge < -0.3 is 15.4 Å². The van der Waals surface area contributed by atoms with Gasteiger partial charge in [0.05, 0.1) is 4.47 Å². The van der Waals surface area contributed by atoms with Crippen molar-refractivity contribution < 1.29 is 9.53 Å². The van der Waals surface area contributed by atoms with Crippen LogP contribution in [0, 0.1) is 0 Å². The van der Waals surface area contributed by atoms with Crippen LogP contribution in [0.4, 0.5) is 5.82 Å². The number of hydrogen-bond acceptors (Lipinski definition) is 4. The Morgan fingerprint density at radius 3 is 2.56 bits per heavy atom. The summed E-state index contributed by atoms with van der Waals surface area (Å²) in [6, 6.07) is 3.64. The summed E-state index contributed by atoms with van der Waals surface area (Å²) in [6.07, 6.45) is 8.19. The number of halogens is 2. The fourth-order valence-corrected chi connectivity index (χ4v) is 3.41. The van der Waals surface area contributed by atoms with Crippen LogP contribution in [0.1, 0.15) is 65.2 Å². The summed E-state index contributed by atoms with van der Waals surface area (Å²) >= 11 is 7.05. The molecule has 5 nitrogen and oxygen atoms in total. The van der Waals surface area contributed by atoms with E-state index in [2.05, 4.69) is 61.3 Å². The Balaban J connectivity index is 2.58. The van der Waals surface area contributed by atoms with E-state index in [-0.39, 0.29) is 10.7 Å². The smallest absolute Gasteiger partial charge is 0.261 e. The van der Waals surface area contributed by atoms with Crippen molar-refractivity contribution in [3.05, 3.63) is 16.6 Å². The molecule has 0 saturated heterocycles. The molecule has 7 heteroatoms. The van der Waals surface area contributed by atoms with Gasteiger partial charge in [-0.05, 0) is 34.8 Å². The SMILES string of the molecule is CCCCCCCCNC(=O)C(CC(Br)CC)Oc1ccc(Br)c(NC)n1. The van der Waals surface area contributed by atoms with Crippen LogP contribution in [-0.4, -0.2) is 35.4 Å². The molecule has 1 aromatic rings. The Morgan fingerprint density at radius 1 is 1.19 bits per heavy atom. The molecule has 0 aromatic carbocycles. The van der Waals surface area contributed by atoms with Crippen LogP contribution >= 0.6 is 31.9 Å². The zero-order chi connectivity index (χ0) is 20.1. The second kappa shape index (κ2) is 14.2. The van der Waals surface area contributed by atoms with Crippen molar-refractivity contribution in [2.45, 2.75) is 76.1 Å². The zero-order valence-electron chi connectivity index (χ0n) is 16.7. The summed E-state index contributed by atoms with van der Waals surface area (Å²) in [5.74, 6) is 1.06. The number of unbranched alkanes of at least 4 members (excludes halogenated alkanes) is 5. The van der Waals surface area contributed by atoms with Gasteiger partial charge >= 0.3 is 0 Å². The lowest BCUT2D eigenvalue weighted by molar-refractivity contribution is -0.128. The van der Waals surface area contributed by atoms with E-state index in [0.717, 1.165) is 23.7 Å². The van der Waals surface area contributed by atoms with Gasteiger partial charge in [-0.3, -0.25) is 4.79 Å². The van der Waals surface area contributed by atoms with E-state index in [1.54, 1.807) is 13.1 Å². The van der Waals surface area contributed by atoms with Crippen LogP contribution in [0.25, 0.3) is 0 Å². The third-order valence-electron chi connectivity index (χ3n) is 4.36. The number of amides is 1. The van der Waals surface area contributed by atoms with E-state index < -0.39 is 6.10 Å². The number of nitrogens with zero attached hydrogens (tertiary/aromatic N) is 1. The van der Waals surface area contributed by atoms with Crippen molar-refractivity contribution in [3.63, 3.8) is 0 Å². The Morgan fingerprint density at radius 2 is 1.89 bits per heavy atom. The highest BCUT2D eigenvalue weighted by atomic mass is 79.9. The topological polar surface area (TPSA) is 63.2 Å². The summed E-state index contributed by atoms with van der Waals surface area (Å²) in [4.78, 5) is 17.3. The van der Waals surface area contributed by atoms with Gasteiger partial charge in [-0.1, -0.05) is 61.9 Å². The van der Waals surface area contributed by atoms with Gasteiger partial charge in [0.1, 0.15) is 5.82 Å². The Labute approximate surface area is 180 Å². The number of rotatable bonds is 14. The van der Waals surface area contributed by atoms with Crippen molar-refractivity contribution in [1.82, 2.24) is 10.3 Å². The highest BCUT2D eigenvalue weighted by Gasteiger charge is 2.23. The maximum absolute atomic E-state index is 12.6. The lowest BCUT2D eigenvalue weighted by Crippen LogP contribution is -2.40. The van der Waals surface area contributed by atoms with Crippen LogP contribution in [-0.2, 0) is 4.79 Å². The van der Waals surface area contributed by atoms with Crippen molar-refractivity contribution >= 4 is 43.6 Å². The highest BCUT2D eigenvalue weighted by Crippen LogP contribution is 2.24. The number of hydrogen-bond donors (Lipinski definition) is 2. The minimum Gasteiger partial charge on any atom is -0.464 e. The van der Waals surface area contributed by atoms with Gasteiger partial charge in [-0.2, -0.15) is 4.98 Å². The number of ether oxygens (including phenoxy) is 1. The maximum Gasteiger partial charge on any atom is 0.261 e. The molecule has 2 atom stereocenters. The molecule has 0 aliphatic carbocycles. The van der Waals surface area contributed by atoms with Crippen LogP contribution in [0.15, 0.2) is 16.6 Å². The van der Waals surface area contributed by atoms with Gasteiger partial charge in [-0.15, -0.1) is 0 Å². The molecular formula is C20H33Br2N3O2. The molecule has 27 heavy (non-hydrogen) atoms. The molecule has 1 amide bonds. The van der Waals surface area contributed by atoms with E-state index in [1.807, 2.05) is 6.07 Å². The standard InChI is InChI=1S/C20H33Br2N3O2/c1-4-6-7-8-9-10-13-24-20(26)17(14-15(21)5-2)27-18-12-11-16(22)19(23-3)25-18/h11-12,15,17H,4-10,13-14H2,1-3H3,(H,23,25)(H,24,26). The number of nitrogens with one attached hydrogen (secondary N) is 2. The summed E-state index contributed by atoms with van der Waals surface area (Å²) in [5, 5.41) is 6.03. The summed E-state index contributed by atoms with van der Waals surface area (Å²) in [5.41, 5.74) is 0. The fourth-order valence-electron chi connectivity index (χ4n) is 2.65. The molecule has 1 aromatic heterocycles. The van der Waals surface area contributed by atoms with Crippen molar-refractivity contribution in [3.8, 4) is 5.88 Å². The van der Waals surface area contributed by atoms with Crippen LogP contribution in [0.3, 0.4) is 0 Å². The maximum atomic E-state index is 12.6. The first-order valence-electron chi connectivity index (χ1n) is 9.94. The van der Waals surface area contributed by atoms with Crippen LogP contribution in [0.5, 0.6) is 5.88 Å². The van der Waals surface area contributed by atoms with Gasteiger partial charge in [-0.25, -0.2) is 0 Å².